The molecule has 1 N–H and O–H groups in total. The van der Waals surface area contributed by atoms with Crippen molar-refractivity contribution in [3.05, 3.63) is 0 Å². The molecule has 0 spiro atoms. The van der Waals surface area contributed by atoms with Crippen LogP contribution in [0.2, 0.25) is 0 Å². The van der Waals surface area contributed by atoms with E-state index >= 15 is 0 Å². The summed E-state index contributed by atoms with van der Waals surface area (Å²) in [5.74, 6) is -0.288. The van der Waals surface area contributed by atoms with Crippen LogP contribution >= 0.6 is 0 Å². The predicted molar refractivity (Wildman–Crippen MR) is 83.1 cm³/mol. The third-order valence-corrected chi connectivity index (χ3v) is 4.14. The van der Waals surface area contributed by atoms with Crippen molar-refractivity contribution in [1.82, 2.24) is 9.80 Å². The number of hydrogen-bond acceptors (Lipinski definition) is 3. The fourth-order valence-electron chi connectivity index (χ4n) is 2.90. The highest BCUT2D eigenvalue weighted by molar-refractivity contribution is 5.79. The van der Waals surface area contributed by atoms with Crippen LogP contribution in [0.4, 0.5) is 0 Å². The number of carbonyl (C=O) groups excluding carboxylic acids is 1. The molecule has 0 radical (unpaired) electrons. The number of carboxylic acids is 1. The topological polar surface area (TPSA) is 60.9 Å². The average molecular weight is 298 g/mol. The molecule has 122 valence electrons. The molecule has 0 heterocycles. The number of carboxylic acid groups (broad SMARTS) is 1. The average Bonchev–Trinajstić information content (AvgIpc) is 2.42. The number of rotatable bonds is 7. The summed E-state index contributed by atoms with van der Waals surface area (Å²) in [6, 6.07) is 0. The van der Waals surface area contributed by atoms with Gasteiger partial charge in [-0.1, -0.05) is 13.8 Å². The van der Waals surface area contributed by atoms with E-state index in [1.165, 1.54) is 0 Å². The molecular weight excluding hydrogens is 268 g/mol. The third-order valence-electron chi connectivity index (χ3n) is 4.14. The molecule has 0 bridgehead atoms. The van der Waals surface area contributed by atoms with Crippen LogP contribution in [0, 0.1) is 17.8 Å². The Hall–Kier alpha value is -1.10. The minimum atomic E-state index is -0.715. The maximum atomic E-state index is 12.7. The molecule has 0 aromatic heterocycles. The van der Waals surface area contributed by atoms with E-state index in [0.29, 0.717) is 31.6 Å². The van der Waals surface area contributed by atoms with Gasteiger partial charge in [-0.2, -0.15) is 0 Å². The molecule has 1 rings (SSSR count). The molecule has 1 fully saturated rings. The lowest BCUT2D eigenvalue weighted by Gasteiger charge is -2.32. The number of hydrogen-bond donors (Lipinski definition) is 1. The Labute approximate surface area is 128 Å². The Morgan fingerprint density at radius 2 is 1.57 bits per heavy atom. The van der Waals surface area contributed by atoms with Crippen LogP contribution in [-0.2, 0) is 9.59 Å². The standard InChI is InChI=1S/C16H30N2O3/c1-12(2)11-18(10-9-17(3)4)15(19)13-5-7-14(8-6-13)16(20)21/h12-14H,5-11H2,1-4H3,(H,20,21). The van der Waals surface area contributed by atoms with Gasteiger partial charge in [0.2, 0.25) is 5.91 Å². The Morgan fingerprint density at radius 3 is 2.00 bits per heavy atom. The largest absolute Gasteiger partial charge is 0.481 e. The fraction of sp³-hybridized carbons (Fsp3) is 0.875. The summed E-state index contributed by atoms with van der Waals surface area (Å²) in [4.78, 5) is 27.7. The van der Waals surface area contributed by atoms with E-state index in [4.69, 9.17) is 5.11 Å². The Kier molecular flexibility index (Phi) is 7.15. The maximum Gasteiger partial charge on any atom is 0.306 e. The van der Waals surface area contributed by atoms with E-state index in [1.54, 1.807) is 0 Å². The van der Waals surface area contributed by atoms with Gasteiger partial charge < -0.3 is 14.9 Å². The Morgan fingerprint density at radius 1 is 1.05 bits per heavy atom. The van der Waals surface area contributed by atoms with Gasteiger partial charge >= 0.3 is 5.97 Å². The first-order chi connectivity index (χ1) is 9.81. The Balaban J connectivity index is 2.57. The zero-order chi connectivity index (χ0) is 16.0. The summed E-state index contributed by atoms with van der Waals surface area (Å²) in [6.45, 7) is 6.64. The van der Waals surface area contributed by atoms with Gasteiger partial charge in [-0.3, -0.25) is 9.59 Å². The van der Waals surface area contributed by atoms with Crippen LogP contribution in [0.1, 0.15) is 39.5 Å². The van der Waals surface area contributed by atoms with Gasteiger partial charge in [0.25, 0.3) is 0 Å². The molecule has 1 aliphatic rings. The van der Waals surface area contributed by atoms with Gasteiger partial charge in [-0.15, -0.1) is 0 Å². The van der Waals surface area contributed by atoms with Gasteiger partial charge in [0, 0.05) is 25.6 Å². The van der Waals surface area contributed by atoms with Crippen LogP contribution in [0.25, 0.3) is 0 Å². The van der Waals surface area contributed by atoms with E-state index in [-0.39, 0.29) is 17.7 Å². The van der Waals surface area contributed by atoms with Crippen molar-refractivity contribution in [1.29, 1.82) is 0 Å². The lowest BCUT2D eigenvalue weighted by Crippen LogP contribution is -2.43. The van der Waals surface area contributed by atoms with E-state index in [9.17, 15) is 9.59 Å². The van der Waals surface area contributed by atoms with Crippen LogP contribution in [0.15, 0.2) is 0 Å². The summed E-state index contributed by atoms with van der Waals surface area (Å²) in [7, 11) is 4.02. The highest BCUT2D eigenvalue weighted by Gasteiger charge is 2.32. The molecule has 1 saturated carbocycles. The predicted octanol–water partition coefficient (Wildman–Crippen LogP) is 1.92. The van der Waals surface area contributed by atoms with E-state index in [2.05, 4.69) is 18.7 Å². The Bertz CT molecular complexity index is 347. The van der Waals surface area contributed by atoms with Gasteiger partial charge in [0.15, 0.2) is 0 Å². The molecule has 0 saturated heterocycles. The molecule has 1 amide bonds. The fourth-order valence-corrected chi connectivity index (χ4v) is 2.90. The van der Waals surface area contributed by atoms with Gasteiger partial charge in [0.1, 0.15) is 0 Å². The minimum absolute atomic E-state index is 0.0153. The highest BCUT2D eigenvalue weighted by atomic mass is 16.4. The molecule has 21 heavy (non-hydrogen) atoms. The monoisotopic (exact) mass is 298 g/mol. The van der Waals surface area contributed by atoms with Gasteiger partial charge in [-0.05, 0) is 45.7 Å². The van der Waals surface area contributed by atoms with Crippen LogP contribution in [-0.4, -0.2) is 60.5 Å². The van der Waals surface area contributed by atoms with Crippen LogP contribution < -0.4 is 0 Å². The highest BCUT2D eigenvalue weighted by Crippen LogP contribution is 2.30. The molecular formula is C16H30N2O3. The van der Waals surface area contributed by atoms with Crippen molar-refractivity contribution in [2.45, 2.75) is 39.5 Å². The summed E-state index contributed by atoms with van der Waals surface area (Å²) >= 11 is 0. The molecule has 0 aromatic carbocycles. The van der Waals surface area contributed by atoms with E-state index < -0.39 is 5.97 Å². The van der Waals surface area contributed by atoms with Crippen molar-refractivity contribution in [3.63, 3.8) is 0 Å². The number of aliphatic carboxylic acids is 1. The van der Waals surface area contributed by atoms with Gasteiger partial charge in [0.05, 0.1) is 5.92 Å². The normalized spacial score (nSPS) is 22.6. The van der Waals surface area contributed by atoms with E-state index in [1.807, 2.05) is 19.0 Å². The lowest BCUT2D eigenvalue weighted by atomic mass is 9.81. The molecule has 5 nitrogen and oxygen atoms in total. The molecule has 0 aliphatic heterocycles. The second-order valence-electron chi connectivity index (χ2n) is 6.87. The SMILES string of the molecule is CC(C)CN(CCN(C)C)C(=O)C1CCC(C(=O)O)CC1. The second kappa shape index (κ2) is 8.37. The van der Waals surface area contributed by atoms with E-state index in [0.717, 1.165) is 19.6 Å². The summed E-state index contributed by atoms with van der Waals surface area (Å²) in [6.07, 6.45) is 2.70. The number of amides is 1. The quantitative estimate of drug-likeness (QED) is 0.780. The number of nitrogens with zero attached hydrogens (tertiary/aromatic N) is 2. The van der Waals surface area contributed by atoms with Crippen molar-refractivity contribution in [3.8, 4) is 0 Å². The summed E-state index contributed by atoms with van der Waals surface area (Å²) < 4.78 is 0. The first-order valence-corrected chi connectivity index (χ1v) is 7.97. The molecule has 0 atom stereocenters. The second-order valence-corrected chi connectivity index (χ2v) is 6.87. The smallest absolute Gasteiger partial charge is 0.306 e. The van der Waals surface area contributed by atoms with Crippen molar-refractivity contribution < 1.29 is 14.7 Å². The number of likely N-dealkylation sites (N-methyl/N-ethyl adjacent to an activating group) is 1. The van der Waals surface area contributed by atoms with Crippen molar-refractivity contribution in [2.24, 2.45) is 17.8 Å². The van der Waals surface area contributed by atoms with Crippen LogP contribution in [0.5, 0.6) is 0 Å². The van der Waals surface area contributed by atoms with Crippen LogP contribution in [0.3, 0.4) is 0 Å². The minimum Gasteiger partial charge on any atom is -0.481 e. The zero-order valence-electron chi connectivity index (χ0n) is 13.8. The number of carbonyl (C=O) groups is 2. The maximum absolute atomic E-state index is 12.7. The zero-order valence-corrected chi connectivity index (χ0v) is 13.8. The molecule has 1 aliphatic carbocycles. The summed E-state index contributed by atoms with van der Waals surface area (Å²) in [5.41, 5.74) is 0. The lowest BCUT2D eigenvalue weighted by molar-refractivity contribution is -0.145. The van der Waals surface area contributed by atoms with Crippen molar-refractivity contribution in [2.75, 3.05) is 33.7 Å². The molecule has 0 aromatic rings. The first kappa shape index (κ1) is 18.0. The van der Waals surface area contributed by atoms with Crippen molar-refractivity contribution >= 4 is 11.9 Å². The molecule has 5 heteroatoms. The third kappa shape index (κ3) is 6.04. The molecule has 0 unspecified atom stereocenters. The van der Waals surface area contributed by atoms with Gasteiger partial charge in [-0.25, -0.2) is 0 Å². The summed E-state index contributed by atoms with van der Waals surface area (Å²) in [5, 5.41) is 9.04. The first-order valence-electron chi connectivity index (χ1n) is 7.97.